The molecule has 0 radical (unpaired) electrons. The van der Waals surface area contributed by atoms with Crippen LogP contribution in [-0.4, -0.2) is 44.0 Å². The van der Waals surface area contributed by atoms with E-state index >= 15 is 0 Å². The van der Waals surface area contributed by atoms with Gasteiger partial charge in [0.2, 0.25) is 5.91 Å². The predicted octanol–water partition coefficient (Wildman–Crippen LogP) is 3.78. The fraction of sp³-hybridized carbons (Fsp3) is 0.217. The molecule has 0 unspecified atom stereocenters. The van der Waals surface area contributed by atoms with E-state index in [0.717, 1.165) is 37.8 Å². The van der Waals surface area contributed by atoms with E-state index in [1.165, 1.54) is 6.20 Å². The predicted molar refractivity (Wildman–Crippen MR) is 128 cm³/mol. The number of fused-ring (bicyclic) bond motifs is 1. The van der Waals surface area contributed by atoms with Gasteiger partial charge >= 0.3 is 0 Å². The monoisotopic (exact) mass is 437 g/mol. The number of hydrogen-bond donors (Lipinski definition) is 2. The van der Waals surface area contributed by atoms with Gasteiger partial charge in [-0.3, -0.25) is 9.78 Å². The summed E-state index contributed by atoms with van der Waals surface area (Å²) in [6, 6.07) is 9.59. The zero-order chi connectivity index (χ0) is 22.5. The van der Waals surface area contributed by atoms with Crippen molar-refractivity contribution in [1.29, 1.82) is 0 Å². The Balaban J connectivity index is 1.93. The van der Waals surface area contributed by atoms with Crippen LogP contribution in [0.1, 0.15) is 10.4 Å². The summed E-state index contributed by atoms with van der Waals surface area (Å²) < 4.78 is 7.17. The number of pyridine rings is 1. The van der Waals surface area contributed by atoms with Gasteiger partial charge in [0, 0.05) is 64.6 Å². The lowest BCUT2D eigenvalue weighted by molar-refractivity contribution is -0.119. The van der Waals surface area contributed by atoms with Gasteiger partial charge < -0.3 is 25.6 Å². The molecule has 0 saturated carbocycles. The molecule has 0 aliphatic heterocycles. The Labute approximate surface area is 186 Å². The molecule has 0 saturated heterocycles. The smallest absolute Gasteiger partial charge is 0.224 e. The molecule has 0 bridgehead atoms. The molecule has 31 heavy (non-hydrogen) atoms. The Morgan fingerprint density at radius 2 is 2.06 bits per heavy atom. The highest BCUT2D eigenvalue weighted by atomic mass is 32.1. The molecule has 1 aromatic carbocycles. The van der Waals surface area contributed by atoms with E-state index in [9.17, 15) is 4.79 Å². The average molecular weight is 438 g/mol. The van der Waals surface area contributed by atoms with Gasteiger partial charge in [0.1, 0.15) is 11.5 Å². The van der Waals surface area contributed by atoms with Crippen molar-refractivity contribution in [2.75, 3.05) is 33.1 Å². The first kappa shape index (κ1) is 22.2. The van der Waals surface area contributed by atoms with E-state index in [1.807, 2.05) is 61.3 Å². The van der Waals surface area contributed by atoms with Gasteiger partial charge in [-0.2, -0.15) is 0 Å². The molecule has 0 aliphatic carbocycles. The van der Waals surface area contributed by atoms with Crippen LogP contribution >= 0.6 is 11.3 Å². The van der Waals surface area contributed by atoms with Crippen LogP contribution in [0.25, 0.3) is 15.9 Å². The van der Waals surface area contributed by atoms with Gasteiger partial charge in [-0.15, -0.1) is 11.3 Å². The number of carbonyl (C=O) groups is 1. The lowest BCUT2D eigenvalue weighted by Gasteiger charge is -2.19. The van der Waals surface area contributed by atoms with Gasteiger partial charge in [-0.25, -0.2) is 0 Å². The maximum Gasteiger partial charge on any atom is 0.224 e. The largest absolute Gasteiger partial charge is 0.456 e. The molecule has 3 aromatic rings. The minimum absolute atomic E-state index is 0.0339. The summed E-state index contributed by atoms with van der Waals surface area (Å²) >= 11 is 1.56. The van der Waals surface area contributed by atoms with Crippen molar-refractivity contribution in [2.45, 2.75) is 6.42 Å². The van der Waals surface area contributed by atoms with Gasteiger partial charge in [0.25, 0.3) is 0 Å². The Bertz CT molecular complexity index is 1140. The van der Waals surface area contributed by atoms with Crippen LogP contribution < -0.4 is 20.7 Å². The quantitative estimate of drug-likeness (QED) is 0.558. The van der Waals surface area contributed by atoms with Gasteiger partial charge in [-0.1, -0.05) is 12.6 Å². The van der Waals surface area contributed by atoms with Crippen molar-refractivity contribution in [3.8, 4) is 11.5 Å². The molecule has 0 atom stereocenters. The maximum absolute atomic E-state index is 11.8. The molecular formula is C23H27N5O2S. The van der Waals surface area contributed by atoms with Crippen LogP contribution in [-0.2, 0) is 11.2 Å². The lowest BCUT2D eigenvalue weighted by atomic mass is 10.1. The standard InChI is InChI=1S/C23H27N5O2S/c1-15(28(5)11-9-24)21-14-18-23(31-21)20(8-10-26-18)30-17-7-6-16(12-22(29)25-2)19(13-17)27(3)4/h6-11,13-14H,1,12,24H2,2-5H3,(H,25,29)/b11-9-. The van der Waals surface area contributed by atoms with Crippen LogP contribution in [0.2, 0.25) is 0 Å². The van der Waals surface area contributed by atoms with E-state index in [1.54, 1.807) is 30.8 Å². The highest BCUT2D eigenvalue weighted by molar-refractivity contribution is 7.20. The van der Waals surface area contributed by atoms with E-state index in [-0.39, 0.29) is 5.91 Å². The van der Waals surface area contributed by atoms with Crippen LogP contribution in [0.15, 0.2) is 55.5 Å². The Morgan fingerprint density at radius 1 is 1.29 bits per heavy atom. The molecule has 3 rings (SSSR count). The van der Waals surface area contributed by atoms with E-state index in [0.29, 0.717) is 12.2 Å². The number of aromatic nitrogens is 1. The molecular weight excluding hydrogens is 410 g/mol. The second kappa shape index (κ2) is 9.53. The summed E-state index contributed by atoms with van der Waals surface area (Å²) in [7, 11) is 7.42. The first-order chi connectivity index (χ1) is 14.8. The summed E-state index contributed by atoms with van der Waals surface area (Å²) in [6.45, 7) is 4.15. The molecule has 0 spiro atoms. The zero-order valence-corrected chi connectivity index (χ0v) is 19.0. The molecule has 8 heteroatoms. The van der Waals surface area contributed by atoms with Crippen LogP contribution in [0.5, 0.6) is 11.5 Å². The molecule has 1 amide bonds. The van der Waals surface area contributed by atoms with E-state index < -0.39 is 0 Å². The van der Waals surface area contributed by atoms with Crippen LogP contribution in [0.4, 0.5) is 5.69 Å². The third-order valence-electron chi connectivity index (χ3n) is 4.79. The molecule has 3 N–H and O–H groups in total. The molecule has 2 aromatic heterocycles. The number of nitrogens with zero attached hydrogens (tertiary/aromatic N) is 3. The number of thiophene rings is 1. The van der Waals surface area contributed by atoms with E-state index in [2.05, 4.69) is 16.9 Å². The summed E-state index contributed by atoms with van der Waals surface area (Å²) in [4.78, 5) is 21.1. The molecule has 2 heterocycles. The Hall–Kier alpha value is -3.52. The summed E-state index contributed by atoms with van der Waals surface area (Å²) in [5.74, 6) is 1.37. The normalized spacial score (nSPS) is 11.0. The van der Waals surface area contributed by atoms with E-state index in [4.69, 9.17) is 10.5 Å². The third kappa shape index (κ3) is 4.97. The Kier molecular flexibility index (Phi) is 6.81. The first-order valence-electron chi connectivity index (χ1n) is 9.71. The second-order valence-electron chi connectivity index (χ2n) is 7.17. The van der Waals surface area contributed by atoms with Gasteiger partial charge in [0.05, 0.1) is 27.2 Å². The maximum atomic E-state index is 11.8. The number of nitrogens with two attached hydrogens (primary N) is 1. The molecule has 0 fully saturated rings. The van der Waals surface area contributed by atoms with Crippen molar-refractivity contribution in [2.24, 2.45) is 5.73 Å². The van der Waals surface area contributed by atoms with Crippen LogP contribution in [0.3, 0.4) is 0 Å². The third-order valence-corrected chi connectivity index (χ3v) is 5.98. The van der Waals surface area contributed by atoms with Crippen molar-refractivity contribution in [3.05, 3.63) is 65.9 Å². The number of hydrogen-bond acceptors (Lipinski definition) is 7. The Morgan fingerprint density at radius 3 is 2.74 bits per heavy atom. The fourth-order valence-electron chi connectivity index (χ4n) is 3.09. The number of likely N-dealkylation sites (N-methyl/N-ethyl adjacent to an activating group) is 1. The van der Waals surface area contributed by atoms with Gasteiger partial charge in [-0.05, 0) is 17.7 Å². The zero-order valence-electron chi connectivity index (χ0n) is 18.2. The van der Waals surface area contributed by atoms with Crippen molar-refractivity contribution in [3.63, 3.8) is 0 Å². The molecule has 7 nitrogen and oxygen atoms in total. The average Bonchev–Trinajstić information content (AvgIpc) is 3.19. The summed E-state index contributed by atoms with van der Waals surface area (Å²) in [6.07, 6.45) is 5.26. The summed E-state index contributed by atoms with van der Waals surface area (Å²) in [5, 5.41) is 2.67. The molecule has 162 valence electrons. The lowest BCUT2D eigenvalue weighted by Crippen LogP contribution is -2.21. The van der Waals surface area contributed by atoms with Crippen LogP contribution in [0, 0.1) is 0 Å². The van der Waals surface area contributed by atoms with Crippen molar-refractivity contribution >= 4 is 38.8 Å². The molecule has 0 aliphatic rings. The summed E-state index contributed by atoms with van der Waals surface area (Å²) in [5.41, 5.74) is 9.02. The highest BCUT2D eigenvalue weighted by Gasteiger charge is 2.15. The van der Waals surface area contributed by atoms with Crippen molar-refractivity contribution in [1.82, 2.24) is 15.2 Å². The second-order valence-corrected chi connectivity index (χ2v) is 8.22. The minimum atomic E-state index is -0.0339. The number of anilines is 1. The first-order valence-corrected chi connectivity index (χ1v) is 10.5. The van der Waals surface area contributed by atoms with Crippen molar-refractivity contribution < 1.29 is 9.53 Å². The number of nitrogens with one attached hydrogen (secondary N) is 1. The topological polar surface area (TPSA) is 83.7 Å². The van der Waals surface area contributed by atoms with Gasteiger partial charge in [0.15, 0.2) is 0 Å². The number of benzene rings is 1. The number of rotatable bonds is 8. The number of amides is 1. The number of ether oxygens (including phenoxy) is 1. The fourth-order valence-corrected chi connectivity index (χ4v) is 4.17. The minimum Gasteiger partial charge on any atom is -0.456 e. The highest BCUT2D eigenvalue weighted by Crippen LogP contribution is 2.38. The SMILES string of the molecule is C=C(c1cc2nccc(Oc3ccc(CC(=O)NC)c(N(C)C)c3)c2s1)N(C)/C=C\N. The number of carbonyl (C=O) groups excluding carboxylic acids is 1.